The average molecular weight is 466 g/mol. The van der Waals surface area contributed by atoms with Crippen LogP contribution in [0.25, 0.3) is 0 Å². The van der Waals surface area contributed by atoms with Crippen LogP contribution in [0.4, 0.5) is 8.78 Å². The Morgan fingerprint density at radius 1 is 1.28 bits per heavy atom. The first-order valence-electron chi connectivity index (χ1n) is 8.80. The Bertz CT molecular complexity index is 554. The molecule has 0 spiro atoms. The third-order valence-electron chi connectivity index (χ3n) is 4.23. The molecule has 1 atom stereocenters. The number of rotatable bonds is 7. The van der Waals surface area contributed by atoms with E-state index < -0.39 is 11.6 Å². The molecule has 4 nitrogen and oxygen atoms in total. The lowest BCUT2D eigenvalue weighted by Gasteiger charge is -2.17. The summed E-state index contributed by atoms with van der Waals surface area (Å²) in [6.07, 6.45) is 2.37. The van der Waals surface area contributed by atoms with Crippen LogP contribution < -0.4 is 10.6 Å². The number of halogens is 3. The van der Waals surface area contributed by atoms with E-state index in [0.29, 0.717) is 11.9 Å². The van der Waals surface area contributed by atoms with E-state index in [4.69, 9.17) is 0 Å². The minimum atomic E-state index is -0.443. The SMILES string of the molecule is CCCN1CCC(CNC(=NCc2cc(F)ccc2F)NCC)C1.I. The highest BCUT2D eigenvalue weighted by Crippen LogP contribution is 2.15. The van der Waals surface area contributed by atoms with E-state index in [-0.39, 0.29) is 36.1 Å². The maximum absolute atomic E-state index is 13.7. The van der Waals surface area contributed by atoms with Crippen molar-refractivity contribution in [2.24, 2.45) is 10.9 Å². The summed E-state index contributed by atoms with van der Waals surface area (Å²) < 4.78 is 26.9. The summed E-state index contributed by atoms with van der Waals surface area (Å²) in [6.45, 7) is 9.30. The van der Waals surface area contributed by atoms with Crippen molar-refractivity contribution in [1.29, 1.82) is 0 Å². The van der Waals surface area contributed by atoms with E-state index in [9.17, 15) is 8.78 Å². The first-order chi connectivity index (χ1) is 11.6. The molecule has 1 aromatic rings. The van der Waals surface area contributed by atoms with Crippen LogP contribution in [0.5, 0.6) is 0 Å². The van der Waals surface area contributed by atoms with E-state index in [1.807, 2.05) is 6.92 Å². The Morgan fingerprint density at radius 2 is 2.08 bits per heavy atom. The molecular formula is C18H29F2IN4. The van der Waals surface area contributed by atoms with Gasteiger partial charge in [0.05, 0.1) is 6.54 Å². The van der Waals surface area contributed by atoms with E-state index in [0.717, 1.165) is 44.9 Å². The minimum absolute atomic E-state index is 0. The van der Waals surface area contributed by atoms with Crippen molar-refractivity contribution in [3.05, 3.63) is 35.4 Å². The molecule has 0 radical (unpaired) electrons. The molecule has 0 bridgehead atoms. The van der Waals surface area contributed by atoms with Gasteiger partial charge in [0, 0.05) is 25.2 Å². The fourth-order valence-electron chi connectivity index (χ4n) is 3.01. The van der Waals surface area contributed by atoms with Gasteiger partial charge in [0.15, 0.2) is 5.96 Å². The van der Waals surface area contributed by atoms with E-state index in [1.165, 1.54) is 18.9 Å². The topological polar surface area (TPSA) is 39.7 Å². The van der Waals surface area contributed by atoms with Crippen molar-refractivity contribution in [1.82, 2.24) is 15.5 Å². The van der Waals surface area contributed by atoms with Gasteiger partial charge in [-0.1, -0.05) is 6.92 Å². The number of benzene rings is 1. The predicted octanol–water partition coefficient (Wildman–Crippen LogP) is 3.37. The maximum Gasteiger partial charge on any atom is 0.191 e. The zero-order valence-electron chi connectivity index (χ0n) is 15.0. The Balaban J connectivity index is 0.00000312. The maximum atomic E-state index is 13.7. The van der Waals surface area contributed by atoms with Gasteiger partial charge in [0.1, 0.15) is 11.6 Å². The molecule has 1 saturated heterocycles. The normalized spacial score (nSPS) is 18.1. The monoisotopic (exact) mass is 466 g/mol. The van der Waals surface area contributed by atoms with Gasteiger partial charge in [-0.05, 0) is 57.0 Å². The summed E-state index contributed by atoms with van der Waals surface area (Å²) in [4.78, 5) is 6.86. The van der Waals surface area contributed by atoms with Crippen LogP contribution in [0.15, 0.2) is 23.2 Å². The number of nitrogens with zero attached hydrogens (tertiary/aromatic N) is 2. The summed E-state index contributed by atoms with van der Waals surface area (Å²) in [5, 5.41) is 6.48. The number of nitrogens with one attached hydrogen (secondary N) is 2. The smallest absolute Gasteiger partial charge is 0.191 e. The molecular weight excluding hydrogens is 437 g/mol. The van der Waals surface area contributed by atoms with Gasteiger partial charge >= 0.3 is 0 Å². The van der Waals surface area contributed by atoms with Gasteiger partial charge in [-0.3, -0.25) is 0 Å². The van der Waals surface area contributed by atoms with Gasteiger partial charge in [0.25, 0.3) is 0 Å². The lowest BCUT2D eigenvalue weighted by atomic mass is 10.1. The zero-order valence-corrected chi connectivity index (χ0v) is 17.4. The molecule has 2 rings (SSSR count). The molecule has 0 saturated carbocycles. The molecule has 0 amide bonds. The molecule has 7 heteroatoms. The Labute approximate surface area is 166 Å². The average Bonchev–Trinajstić information content (AvgIpc) is 3.01. The molecule has 0 aromatic heterocycles. The summed E-state index contributed by atoms with van der Waals surface area (Å²) in [7, 11) is 0. The molecule has 142 valence electrons. The van der Waals surface area contributed by atoms with E-state index in [1.54, 1.807) is 0 Å². The molecule has 1 fully saturated rings. The molecule has 1 unspecified atom stereocenters. The van der Waals surface area contributed by atoms with Crippen molar-refractivity contribution in [2.45, 2.75) is 33.2 Å². The number of aliphatic imine (C=N–C) groups is 1. The molecule has 2 N–H and O–H groups in total. The Kier molecular flexibility index (Phi) is 10.3. The number of hydrogen-bond acceptors (Lipinski definition) is 2. The lowest BCUT2D eigenvalue weighted by molar-refractivity contribution is 0.324. The van der Waals surface area contributed by atoms with Crippen molar-refractivity contribution in [3.63, 3.8) is 0 Å². The first kappa shape index (κ1) is 22.1. The van der Waals surface area contributed by atoms with Crippen molar-refractivity contribution in [2.75, 3.05) is 32.7 Å². The fraction of sp³-hybridized carbons (Fsp3) is 0.611. The second kappa shape index (κ2) is 11.6. The Hall–Kier alpha value is -0.960. The highest BCUT2D eigenvalue weighted by Gasteiger charge is 2.21. The molecule has 1 aliphatic rings. The summed E-state index contributed by atoms with van der Waals surface area (Å²) in [5.74, 6) is 0.380. The zero-order chi connectivity index (χ0) is 17.4. The molecule has 25 heavy (non-hydrogen) atoms. The summed E-state index contributed by atoms with van der Waals surface area (Å²) in [6, 6.07) is 3.46. The van der Waals surface area contributed by atoms with E-state index >= 15 is 0 Å². The molecule has 1 aliphatic heterocycles. The van der Waals surface area contributed by atoms with Crippen LogP contribution in [0.3, 0.4) is 0 Å². The van der Waals surface area contributed by atoms with Crippen molar-refractivity contribution >= 4 is 29.9 Å². The van der Waals surface area contributed by atoms with Crippen LogP contribution in [0.1, 0.15) is 32.3 Å². The molecule has 1 heterocycles. The number of hydrogen-bond donors (Lipinski definition) is 2. The summed E-state index contributed by atoms with van der Waals surface area (Å²) >= 11 is 0. The van der Waals surface area contributed by atoms with Crippen molar-refractivity contribution < 1.29 is 8.78 Å². The van der Waals surface area contributed by atoms with Gasteiger partial charge in [-0.25, -0.2) is 13.8 Å². The van der Waals surface area contributed by atoms with Gasteiger partial charge in [0.2, 0.25) is 0 Å². The third kappa shape index (κ3) is 7.43. The predicted molar refractivity (Wildman–Crippen MR) is 109 cm³/mol. The fourth-order valence-corrected chi connectivity index (χ4v) is 3.01. The minimum Gasteiger partial charge on any atom is -0.357 e. The van der Waals surface area contributed by atoms with Gasteiger partial charge in [-0.2, -0.15) is 0 Å². The number of likely N-dealkylation sites (tertiary alicyclic amines) is 1. The van der Waals surface area contributed by atoms with Gasteiger partial charge in [-0.15, -0.1) is 24.0 Å². The Morgan fingerprint density at radius 3 is 2.80 bits per heavy atom. The second-order valence-electron chi connectivity index (χ2n) is 6.27. The van der Waals surface area contributed by atoms with Crippen LogP contribution in [0, 0.1) is 17.6 Å². The van der Waals surface area contributed by atoms with Crippen LogP contribution in [0.2, 0.25) is 0 Å². The number of guanidine groups is 1. The molecule has 1 aromatic carbocycles. The highest BCUT2D eigenvalue weighted by atomic mass is 127. The first-order valence-corrected chi connectivity index (χ1v) is 8.80. The third-order valence-corrected chi connectivity index (χ3v) is 4.23. The van der Waals surface area contributed by atoms with Crippen LogP contribution in [-0.2, 0) is 6.54 Å². The highest BCUT2D eigenvalue weighted by molar-refractivity contribution is 14.0. The van der Waals surface area contributed by atoms with Crippen LogP contribution >= 0.6 is 24.0 Å². The second-order valence-corrected chi connectivity index (χ2v) is 6.27. The van der Waals surface area contributed by atoms with Crippen molar-refractivity contribution in [3.8, 4) is 0 Å². The summed E-state index contributed by atoms with van der Waals surface area (Å²) in [5.41, 5.74) is 0.266. The molecule has 0 aliphatic carbocycles. The van der Waals surface area contributed by atoms with Gasteiger partial charge < -0.3 is 15.5 Å². The standard InChI is InChI=1S/C18H28F2N4.HI/c1-3-8-24-9-7-14(13-24)11-22-18(21-4-2)23-12-15-10-16(19)5-6-17(15)20;/h5-6,10,14H,3-4,7-9,11-13H2,1-2H3,(H2,21,22,23);1H. The van der Waals surface area contributed by atoms with E-state index in [2.05, 4.69) is 27.4 Å². The van der Waals surface area contributed by atoms with Crippen LogP contribution in [-0.4, -0.2) is 43.6 Å². The lowest BCUT2D eigenvalue weighted by Crippen LogP contribution is -2.40. The largest absolute Gasteiger partial charge is 0.357 e. The quantitative estimate of drug-likeness (QED) is 0.368.